The SMILES string of the molecule is C=C(C)COc1cccc(N2CC(CS(=O)(=O)Cl)CC2=O)c1. The third kappa shape index (κ3) is 4.74. The highest BCUT2D eigenvalue weighted by Gasteiger charge is 2.33. The maximum absolute atomic E-state index is 12.1. The van der Waals surface area contributed by atoms with Crippen molar-refractivity contribution < 1.29 is 17.9 Å². The van der Waals surface area contributed by atoms with Crippen LogP contribution in [0.25, 0.3) is 0 Å². The Kier molecular flexibility index (Phi) is 5.13. The molecule has 1 aliphatic rings. The number of rotatable bonds is 6. The van der Waals surface area contributed by atoms with Crippen LogP contribution in [0, 0.1) is 5.92 Å². The van der Waals surface area contributed by atoms with Gasteiger partial charge in [-0.2, -0.15) is 0 Å². The van der Waals surface area contributed by atoms with Crippen LogP contribution in [0.4, 0.5) is 5.69 Å². The molecule has 1 aliphatic heterocycles. The van der Waals surface area contributed by atoms with E-state index in [0.717, 1.165) is 5.57 Å². The van der Waals surface area contributed by atoms with E-state index in [1.807, 2.05) is 6.92 Å². The number of nitrogens with zero attached hydrogens (tertiary/aromatic N) is 1. The first-order chi connectivity index (χ1) is 10.2. The first kappa shape index (κ1) is 16.8. The Labute approximate surface area is 134 Å². The fourth-order valence-corrected chi connectivity index (χ4v) is 3.69. The molecule has 0 bridgehead atoms. The highest BCUT2D eigenvalue weighted by atomic mass is 35.7. The van der Waals surface area contributed by atoms with Crippen molar-refractivity contribution >= 4 is 31.3 Å². The van der Waals surface area contributed by atoms with E-state index in [1.54, 1.807) is 29.2 Å². The first-order valence-electron chi connectivity index (χ1n) is 6.84. The summed E-state index contributed by atoms with van der Waals surface area (Å²) in [4.78, 5) is 13.7. The molecule has 1 saturated heterocycles. The lowest BCUT2D eigenvalue weighted by molar-refractivity contribution is -0.117. The second-order valence-electron chi connectivity index (χ2n) is 5.52. The number of benzene rings is 1. The topological polar surface area (TPSA) is 63.7 Å². The smallest absolute Gasteiger partial charge is 0.232 e. The van der Waals surface area contributed by atoms with Gasteiger partial charge in [-0.3, -0.25) is 4.79 Å². The maximum atomic E-state index is 12.1. The van der Waals surface area contributed by atoms with Gasteiger partial charge in [-0.25, -0.2) is 8.42 Å². The molecule has 7 heteroatoms. The van der Waals surface area contributed by atoms with Crippen LogP contribution in [-0.4, -0.2) is 33.2 Å². The largest absolute Gasteiger partial charge is 0.489 e. The fourth-order valence-electron chi connectivity index (χ4n) is 2.37. The van der Waals surface area contributed by atoms with Gasteiger partial charge in [-0.1, -0.05) is 12.6 Å². The van der Waals surface area contributed by atoms with Crippen molar-refractivity contribution in [2.24, 2.45) is 5.92 Å². The molecule has 1 unspecified atom stereocenters. The average molecular weight is 344 g/mol. The van der Waals surface area contributed by atoms with Gasteiger partial charge >= 0.3 is 0 Å². The number of hydrogen-bond acceptors (Lipinski definition) is 4. The molecule has 5 nitrogen and oxygen atoms in total. The summed E-state index contributed by atoms with van der Waals surface area (Å²) < 4.78 is 27.9. The van der Waals surface area contributed by atoms with E-state index in [2.05, 4.69) is 6.58 Å². The van der Waals surface area contributed by atoms with Gasteiger partial charge in [0.1, 0.15) is 12.4 Å². The van der Waals surface area contributed by atoms with E-state index in [1.165, 1.54) is 0 Å². The van der Waals surface area contributed by atoms with Gasteiger partial charge < -0.3 is 9.64 Å². The molecule has 1 atom stereocenters. The number of anilines is 1. The Morgan fingerprint density at radius 2 is 2.23 bits per heavy atom. The molecule has 1 aromatic rings. The van der Waals surface area contributed by atoms with Crippen LogP contribution in [0.1, 0.15) is 13.3 Å². The molecular formula is C15H18ClNO4S. The Balaban J connectivity index is 2.09. The lowest BCUT2D eigenvalue weighted by Gasteiger charge is -2.17. The summed E-state index contributed by atoms with van der Waals surface area (Å²) in [6.45, 7) is 6.38. The Hall–Kier alpha value is -1.53. The van der Waals surface area contributed by atoms with Crippen molar-refractivity contribution in [2.75, 3.05) is 23.8 Å². The van der Waals surface area contributed by atoms with Crippen molar-refractivity contribution in [3.63, 3.8) is 0 Å². The molecular weight excluding hydrogens is 326 g/mol. The zero-order chi connectivity index (χ0) is 16.3. The minimum absolute atomic E-state index is 0.109. The number of amides is 1. The number of halogens is 1. The number of carbonyl (C=O) groups excluding carboxylic acids is 1. The predicted molar refractivity (Wildman–Crippen MR) is 86.9 cm³/mol. The molecule has 0 radical (unpaired) electrons. The molecule has 2 rings (SSSR count). The summed E-state index contributed by atoms with van der Waals surface area (Å²) in [6.07, 6.45) is 0.183. The summed E-state index contributed by atoms with van der Waals surface area (Å²) >= 11 is 0. The van der Waals surface area contributed by atoms with Crippen molar-refractivity contribution in [3.05, 3.63) is 36.4 Å². The van der Waals surface area contributed by atoms with Gasteiger partial charge in [0, 0.05) is 41.3 Å². The molecule has 120 valence electrons. The van der Waals surface area contributed by atoms with Crippen molar-refractivity contribution in [1.29, 1.82) is 0 Å². The quantitative estimate of drug-likeness (QED) is 0.588. The molecule has 1 aromatic carbocycles. The van der Waals surface area contributed by atoms with Gasteiger partial charge in [-0.05, 0) is 24.6 Å². The van der Waals surface area contributed by atoms with Gasteiger partial charge in [0.05, 0.1) is 5.75 Å². The zero-order valence-electron chi connectivity index (χ0n) is 12.3. The van der Waals surface area contributed by atoms with Gasteiger partial charge in [0.2, 0.25) is 15.0 Å². The van der Waals surface area contributed by atoms with E-state index in [-0.39, 0.29) is 24.0 Å². The lowest BCUT2D eigenvalue weighted by atomic mass is 10.1. The standard InChI is InChI=1S/C15H18ClNO4S/c1-11(2)9-21-14-5-3-4-13(7-14)17-8-12(6-15(17)18)10-22(16,19)20/h3-5,7,12H,1,6,8-10H2,2H3. The van der Waals surface area contributed by atoms with Crippen LogP contribution in [0.5, 0.6) is 5.75 Å². The van der Waals surface area contributed by atoms with Crippen molar-refractivity contribution in [3.8, 4) is 5.75 Å². The first-order valence-corrected chi connectivity index (χ1v) is 9.32. The van der Waals surface area contributed by atoms with Crippen LogP contribution < -0.4 is 9.64 Å². The number of hydrogen-bond donors (Lipinski definition) is 0. The zero-order valence-corrected chi connectivity index (χ0v) is 13.9. The molecule has 0 aromatic heterocycles. The van der Waals surface area contributed by atoms with E-state index in [9.17, 15) is 13.2 Å². The van der Waals surface area contributed by atoms with E-state index < -0.39 is 9.05 Å². The Morgan fingerprint density at radius 3 is 2.86 bits per heavy atom. The van der Waals surface area contributed by atoms with Crippen LogP contribution in [0.15, 0.2) is 36.4 Å². The highest BCUT2D eigenvalue weighted by Crippen LogP contribution is 2.29. The van der Waals surface area contributed by atoms with Crippen molar-refractivity contribution in [1.82, 2.24) is 0 Å². The monoisotopic (exact) mass is 343 g/mol. The number of carbonyl (C=O) groups is 1. The molecule has 1 heterocycles. The van der Waals surface area contributed by atoms with Crippen LogP contribution >= 0.6 is 10.7 Å². The molecule has 0 spiro atoms. The molecule has 1 amide bonds. The summed E-state index contributed by atoms with van der Waals surface area (Å²) in [6, 6.07) is 7.15. The summed E-state index contributed by atoms with van der Waals surface area (Å²) in [5.74, 6) is 0.0573. The summed E-state index contributed by atoms with van der Waals surface area (Å²) in [5, 5.41) is 0. The summed E-state index contributed by atoms with van der Waals surface area (Å²) in [5.41, 5.74) is 1.59. The van der Waals surface area contributed by atoms with Crippen LogP contribution in [0.3, 0.4) is 0 Å². The maximum Gasteiger partial charge on any atom is 0.232 e. The minimum atomic E-state index is -3.60. The highest BCUT2D eigenvalue weighted by molar-refractivity contribution is 8.13. The minimum Gasteiger partial charge on any atom is -0.489 e. The second-order valence-corrected chi connectivity index (χ2v) is 8.34. The number of ether oxygens (including phenoxy) is 1. The lowest BCUT2D eigenvalue weighted by Crippen LogP contribution is -2.25. The normalized spacial score (nSPS) is 18.5. The molecule has 0 aliphatic carbocycles. The summed E-state index contributed by atoms with van der Waals surface area (Å²) in [7, 11) is 1.66. The molecule has 0 saturated carbocycles. The van der Waals surface area contributed by atoms with Crippen molar-refractivity contribution in [2.45, 2.75) is 13.3 Å². The van der Waals surface area contributed by atoms with Crippen LogP contribution in [0.2, 0.25) is 0 Å². The Morgan fingerprint density at radius 1 is 1.50 bits per heavy atom. The van der Waals surface area contributed by atoms with Gasteiger partial charge in [0.25, 0.3) is 0 Å². The van der Waals surface area contributed by atoms with Gasteiger partial charge in [0.15, 0.2) is 0 Å². The van der Waals surface area contributed by atoms with Crippen LogP contribution in [-0.2, 0) is 13.8 Å². The fraction of sp³-hybridized carbons (Fsp3) is 0.400. The third-order valence-electron chi connectivity index (χ3n) is 3.25. The van der Waals surface area contributed by atoms with E-state index in [4.69, 9.17) is 15.4 Å². The molecule has 0 N–H and O–H groups in total. The van der Waals surface area contributed by atoms with E-state index >= 15 is 0 Å². The Bertz CT molecular complexity index is 687. The molecule has 22 heavy (non-hydrogen) atoms. The second kappa shape index (κ2) is 6.71. The van der Waals surface area contributed by atoms with Gasteiger partial charge in [-0.15, -0.1) is 0 Å². The molecule has 1 fully saturated rings. The predicted octanol–water partition coefficient (Wildman–Crippen LogP) is 2.56. The third-order valence-corrected chi connectivity index (χ3v) is 4.50. The average Bonchev–Trinajstić information content (AvgIpc) is 2.75. The van der Waals surface area contributed by atoms with E-state index in [0.29, 0.717) is 24.6 Å².